The molecule has 0 spiro atoms. The fourth-order valence-electron chi connectivity index (χ4n) is 2.17. The Morgan fingerprint density at radius 1 is 1.27 bits per heavy atom. The molecule has 3 aromatic rings. The van der Waals surface area contributed by atoms with E-state index in [-0.39, 0.29) is 11.0 Å². The summed E-state index contributed by atoms with van der Waals surface area (Å²) in [6.07, 6.45) is -4.92. The molecule has 0 N–H and O–H groups in total. The molecular formula is C14H4ClF3N2O2. The normalized spacial score (nSPS) is 11.8. The molecule has 2 heterocycles. The SMILES string of the molecule is N#Cc1c(C(F)(F)F)nc2c(=O)oc3ccccc3c2c1Cl. The number of pyridine rings is 1. The Bertz CT molecular complexity index is 1020. The Hall–Kier alpha value is -2.59. The van der Waals surface area contributed by atoms with E-state index >= 15 is 0 Å². The van der Waals surface area contributed by atoms with Gasteiger partial charge in [-0.3, -0.25) is 0 Å². The van der Waals surface area contributed by atoms with Gasteiger partial charge in [-0.05, 0) is 6.07 Å². The van der Waals surface area contributed by atoms with Crippen molar-refractivity contribution in [3.63, 3.8) is 0 Å². The molecule has 3 rings (SSSR count). The number of rotatable bonds is 0. The Balaban J connectivity index is 2.64. The third kappa shape index (κ3) is 2.00. The summed E-state index contributed by atoms with van der Waals surface area (Å²) < 4.78 is 43.9. The maximum absolute atomic E-state index is 13.0. The molecule has 4 nitrogen and oxygen atoms in total. The lowest BCUT2D eigenvalue weighted by atomic mass is 10.1. The van der Waals surface area contributed by atoms with E-state index in [0.29, 0.717) is 5.39 Å². The molecule has 22 heavy (non-hydrogen) atoms. The van der Waals surface area contributed by atoms with Crippen molar-refractivity contribution in [2.45, 2.75) is 6.18 Å². The Morgan fingerprint density at radius 3 is 2.59 bits per heavy atom. The molecular weight excluding hydrogens is 321 g/mol. The minimum atomic E-state index is -4.92. The zero-order valence-electron chi connectivity index (χ0n) is 10.5. The van der Waals surface area contributed by atoms with Gasteiger partial charge in [0.05, 0.1) is 5.02 Å². The summed E-state index contributed by atoms with van der Waals surface area (Å²) in [7, 11) is 0. The van der Waals surface area contributed by atoms with Crippen molar-refractivity contribution in [1.29, 1.82) is 5.26 Å². The van der Waals surface area contributed by atoms with Gasteiger partial charge in [-0.2, -0.15) is 18.4 Å². The van der Waals surface area contributed by atoms with Gasteiger partial charge >= 0.3 is 11.8 Å². The molecule has 0 radical (unpaired) electrons. The highest BCUT2D eigenvalue weighted by Gasteiger charge is 2.38. The number of nitriles is 1. The second-order valence-corrected chi connectivity index (χ2v) is 4.75. The van der Waals surface area contributed by atoms with Crippen LogP contribution < -0.4 is 5.63 Å². The molecule has 0 amide bonds. The number of fused-ring (bicyclic) bond motifs is 3. The molecule has 110 valence electrons. The lowest BCUT2D eigenvalue weighted by Gasteiger charge is -2.11. The van der Waals surface area contributed by atoms with Gasteiger partial charge < -0.3 is 4.42 Å². The zero-order chi connectivity index (χ0) is 16.1. The van der Waals surface area contributed by atoms with Crippen LogP contribution in [-0.2, 0) is 6.18 Å². The Kier molecular flexibility index (Phi) is 3.07. The van der Waals surface area contributed by atoms with Gasteiger partial charge in [0.15, 0.2) is 11.2 Å². The van der Waals surface area contributed by atoms with Crippen molar-refractivity contribution in [3.8, 4) is 6.07 Å². The van der Waals surface area contributed by atoms with Crippen LogP contribution >= 0.6 is 11.6 Å². The topological polar surface area (TPSA) is 66.9 Å². The number of para-hydroxylation sites is 1. The van der Waals surface area contributed by atoms with Crippen LogP contribution in [0.3, 0.4) is 0 Å². The molecule has 0 bridgehead atoms. The van der Waals surface area contributed by atoms with E-state index in [0.717, 1.165) is 0 Å². The van der Waals surface area contributed by atoms with Gasteiger partial charge in [0.25, 0.3) is 0 Å². The highest BCUT2D eigenvalue weighted by atomic mass is 35.5. The summed E-state index contributed by atoms with van der Waals surface area (Å²) >= 11 is 5.96. The van der Waals surface area contributed by atoms with E-state index in [1.807, 2.05) is 0 Å². The van der Waals surface area contributed by atoms with Crippen molar-refractivity contribution in [2.75, 3.05) is 0 Å². The molecule has 0 unspecified atom stereocenters. The van der Waals surface area contributed by atoms with Crippen LogP contribution in [0.4, 0.5) is 13.2 Å². The van der Waals surface area contributed by atoms with Crippen molar-refractivity contribution < 1.29 is 17.6 Å². The van der Waals surface area contributed by atoms with Crippen LogP contribution in [0.25, 0.3) is 21.9 Å². The van der Waals surface area contributed by atoms with Crippen molar-refractivity contribution >= 4 is 33.5 Å². The van der Waals surface area contributed by atoms with Crippen molar-refractivity contribution in [3.05, 3.63) is 51.0 Å². The summed E-state index contributed by atoms with van der Waals surface area (Å²) in [5.74, 6) is 0. The molecule has 0 fully saturated rings. The number of nitrogens with zero attached hydrogens (tertiary/aromatic N) is 2. The minimum Gasteiger partial charge on any atom is -0.421 e. The first kappa shape index (κ1) is 14.4. The molecule has 0 aliphatic carbocycles. The Labute approximate surface area is 125 Å². The first-order valence-corrected chi connectivity index (χ1v) is 6.24. The minimum absolute atomic E-state index is 0.0296. The van der Waals surface area contributed by atoms with Crippen molar-refractivity contribution in [2.24, 2.45) is 0 Å². The average molecular weight is 325 g/mol. The molecule has 0 atom stereocenters. The van der Waals surface area contributed by atoms with Crippen molar-refractivity contribution in [1.82, 2.24) is 4.98 Å². The fraction of sp³-hybridized carbons (Fsp3) is 0.0714. The molecule has 0 saturated heterocycles. The van der Waals surface area contributed by atoms with Crippen LogP contribution in [0.5, 0.6) is 0 Å². The number of alkyl halides is 3. The summed E-state index contributed by atoms with van der Waals surface area (Å²) in [6.45, 7) is 0. The summed E-state index contributed by atoms with van der Waals surface area (Å²) in [6, 6.07) is 7.57. The largest absolute Gasteiger partial charge is 0.434 e. The van der Waals surface area contributed by atoms with E-state index in [2.05, 4.69) is 4.98 Å². The van der Waals surface area contributed by atoms with E-state index in [9.17, 15) is 18.0 Å². The maximum atomic E-state index is 13.0. The van der Waals surface area contributed by atoms with Gasteiger partial charge in [-0.1, -0.05) is 29.8 Å². The molecule has 0 aliphatic heterocycles. The van der Waals surface area contributed by atoms with Gasteiger partial charge in [0, 0.05) is 10.8 Å². The van der Waals surface area contributed by atoms with Crippen LogP contribution in [-0.4, -0.2) is 4.98 Å². The van der Waals surface area contributed by atoms with Crippen LogP contribution in [0.15, 0.2) is 33.5 Å². The second-order valence-electron chi connectivity index (χ2n) is 4.37. The highest BCUT2D eigenvalue weighted by molar-refractivity contribution is 6.38. The first-order valence-electron chi connectivity index (χ1n) is 5.87. The summed E-state index contributed by atoms with van der Waals surface area (Å²) in [5, 5.41) is 8.79. The van der Waals surface area contributed by atoms with E-state index in [1.54, 1.807) is 12.1 Å². The van der Waals surface area contributed by atoms with Crippen LogP contribution in [0.1, 0.15) is 11.3 Å². The van der Waals surface area contributed by atoms with E-state index in [1.165, 1.54) is 18.2 Å². The molecule has 0 aliphatic rings. The zero-order valence-corrected chi connectivity index (χ0v) is 11.3. The molecule has 2 aromatic heterocycles. The quantitative estimate of drug-likeness (QED) is 0.465. The maximum Gasteiger partial charge on any atom is 0.434 e. The predicted molar refractivity (Wildman–Crippen MR) is 72.5 cm³/mol. The molecule has 8 heteroatoms. The third-order valence-corrected chi connectivity index (χ3v) is 3.45. The van der Waals surface area contributed by atoms with Gasteiger partial charge in [0.2, 0.25) is 0 Å². The number of halogens is 4. The number of aromatic nitrogens is 1. The lowest BCUT2D eigenvalue weighted by molar-refractivity contribution is -0.141. The molecule has 1 aromatic carbocycles. The molecule has 0 saturated carbocycles. The standard InChI is InChI=1S/C14H4ClF3N2O2/c15-10-7(5-19)12(14(16,17)18)20-11-9(10)6-3-1-2-4-8(6)22-13(11)21/h1-4H. The average Bonchev–Trinajstić information content (AvgIpc) is 2.46. The fourth-order valence-corrected chi connectivity index (χ4v) is 2.49. The number of hydrogen-bond donors (Lipinski definition) is 0. The second kappa shape index (κ2) is 4.71. The monoisotopic (exact) mass is 324 g/mol. The summed E-state index contributed by atoms with van der Waals surface area (Å²) in [4.78, 5) is 15.2. The Morgan fingerprint density at radius 2 is 1.95 bits per heavy atom. The van der Waals surface area contributed by atoms with E-state index in [4.69, 9.17) is 21.3 Å². The highest BCUT2D eigenvalue weighted by Crippen LogP contribution is 2.38. The smallest absolute Gasteiger partial charge is 0.421 e. The van der Waals surface area contributed by atoms with Crippen LogP contribution in [0, 0.1) is 11.3 Å². The van der Waals surface area contributed by atoms with Gasteiger partial charge in [-0.15, -0.1) is 0 Å². The number of hydrogen-bond acceptors (Lipinski definition) is 4. The van der Waals surface area contributed by atoms with Gasteiger partial charge in [0.1, 0.15) is 17.2 Å². The van der Waals surface area contributed by atoms with E-state index < -0.39 is 33.6 Å². The van der Waals surface area contributed by atoms with Crippen LogP contribution in [0.2, 0.25) is 5.02 Å². The predicted octanol–water partition coefficient (Wildman–Crippen LogP) is 3.89. The number of benzene rings is 1. The third-order valence-electron chi connectivity index (χ3n) is 3.07. The lowest BCUT2D eigenvalue weighted by Crippen LogP contribution is -2.14. The summed E-state index contributed by atoms with van der Waals surface area (Å²) in [5.41, 5.74) is -3.79. The van der Waals surface area contributed by atoms with Gasteiger partial charge in [-0.25, -0.2) is 9.78 Å². The first-order chi connectivity index (χ1) is 10.3.